The molecule has 1 unspecified atom stereocenters. The number of alkyl halides is 3. The standard InChI is InChI=1S/C31H30F4N4O5S/c1-4-5-10-29(28(36)41)15-44-26-20(29)13-23(39-24(26)17-6-8-19(32)9-7-17)30(42,31(33,34)35)14-37-27(40)18-11-21(43-3)25-22(12-18)45-16(2)38-25/h6-9,11-13,42H,4-5,10,14-15H2,1-3H3,(H2,36,41)(H,37,40)/t29-,30?/m0/s1. The lowest BCUT2D eigenvalue weighted by Crippen LogP contribution is -2.52. The van der Waals surface area contributed by atoms with Gasteiger partial charge >= 0.3 is 6.18 Å². The van der Waals surface area contributed by atoms with Crippen molar-refractivity contribution in [3.8, 4) is 22.8 Å². The highest BCUT2D eigenvalue weighted by molar-refractivity contribution is 7.18. The van der Waals surface area contributed by atoms with E-state index >= 15 is 0 Å². The van der Waals surface area contributed by atoms with Crippen LogP contribution in [0.25, 0.3) is 21.5 Å². The van der Waals surface area contributed by atoms with Gasteiger partial charge in [-0.05, 0) is 55.8 Å². The van der Waals surface area contributed by atoms with Crippen molar-refractivity contribution in [1.29, 1.82) is 0 Å². The normalized spacial score (nSPS) is 17.4. The van der Waals surface area contributed by atoms with Gasteiger partial charge in [-0.25, -0.2) is 14.4 Å². The van der Waals surface area contributed by atoms with Gasteiger partial charge in [-0.3, -0.25) is 9.59 Å². The number of pyridine rings is 1. The van der Waals surface area contributed by atoms with Crippen molar-refractivity contribution in [2.24, 2.45) is 5.73 Å². The number of fused-ring (bicyclic) bond motifs is 2. The second-order valence-corrected chi connectivity index (χ2v) is 12.1. The fraction of sp³-hybridized carbons (Fsp3) is 0.355. The zero-order chi connectivity index (χ0) is 32.7. The number of methoxy groups -OCH3 is 1. The van der Waals surface area contributed by atoms with Crippen LogP contribution in [-0.4, -0.2) is 53.3 Å². The van der Waals surface area contributed by atoms with Crippen molar-refractivity contribution in [2.75, 3.05) is 20.3 Å². The molecule has 5 rings (SSSR count). The zero-order valence-electron chi connectivity index (χ0n) is 24.5. The number of primary amides is 1. The summed E-state index contributed by atoms with van der Waals surface area (Å²) in [5.41, 5.74) is 0.246. The predicted molar refractivity (Wildman–Crippen MR) is 159 cm³/mol. The summed E-state index contributed by atoms with van der Waals surface area (Å²) in [7, 11) is 1.38. The molecule has 0 radical (unpaired) electrons. The summed E-state index contributed by atoms with van der Waals surface area (Å²) in [5.74, 6) is -2.06. The van der Waals surface area contributed by atoms with Gasteiger partial charge in [0, 0.05) is 16.7 Å². The molecule has 3 heterocycles. The molecule has 0 spiro atoms. The Hall–Kier alpha value is -4.30. The van der Waals surface area contributed by atoms with Crippen molar-refractivity contribution in [2.45, 2.75) is 50.3 Å². The van der Waals surface area contributed by atoms with Crippen LogP contribution in [0.3, 0.4) is 0 Å². The number of aliphatic hydroxyl groups is 1. The number of ether oxygens (including phenoxy) is 2. The average molecular weight is 647 g/mol. The molecule has 4 aromatic rings. The van der Waals surface area contributed by atoms with E-state index in [2.05, 4.69) is 15.3 Å². The molecule has 238 valence electrons. The van der Waals surface area contributed by atoms with Crippen molar-refractivity contribution < 1.29 is 41.7 Å². The Bertz CT molecular complexity index is 1780. The van der Waals surface area contributed by atoms with Crippen LogP contribution in [0.15, 0.2) is 42.5 Å². The number of halogens is 4. The second kappa shape index (κ2) is 11.9. The van der Waals surface area contributed by atoms with Crippen LogP contribution in [0, 0.1) is 12.7 Å². The third kappa shape index (κ3) is 5.68. The molecule has 14 heteroatoms. The van der Waals surface area contributed by atoms with Crippen molar-refractivity contribution in [3.05, 3.63) is 70.1 Å². The van der Waals surface area contributed by atoms with Gasteiger partial charge < -0.3 is 25.6 Å². The van der Waals surface area contributed by atoms with Crippen LogP contribution < -0.4 is 20.5 Å². The number of carbonyl (C=O) groups excluding carboxylic acids is 2. The minimum atomic E-state index is -5.35. The summed E-state index contributed by atoms with van der Waals surface area (Å²) in [4.78, 5) is 34.6. The Morgan fingerprint density at radius 1 is 1.18 bits per heavy atom. The topological polar surface area (TPSA) is 137 Å². The molecule has 0 aliphatic carbocycles. The van der Waals surface area contributed by atoms with E-state index < -0.39 is 47.1 Å². The van der Waals surface area contributed by atoms with Crippen LogP contribution in [0.2, 0.25) is 0 Å². The highest BCUT2D eigenvalue weighted by Gasteiger charge is 2.58. The molecule has 2 aromatic heterocycles. The molecule has 1 aliphatic heterocycles. The first kappa shape index (κ1) is 32.1. The first-order valence-corrected chi connectivity index (χ1v) is 14.8. The Morgan fingerprint density at radius 2 is 1.89 bits per heavy atom. The number of unbranched alkanes of at least 4 members (excludes halogenated alkanes) is 1. The third-order valence-electron chi connectivity index (χ3n) is 7.94. The number of carbonyl (C=O) groups is 2. The largest absolute Gasteiger partial charge is 0.494 e. The summed E-state index contributed by atoms with van der Waals surface area (Å²) in [6, 6.07) is 8.54. The van der Waals surface area contributed by atoms with Crippen LogP contribution in [0.1, 0.15) is 52.8 Å². The monoisotopic (exact) mass is 646 g/mol. The number of benzene rings is 2. The van der Waals surface area contributed by atoms with E-state index in [1.54, 1.807) is 6.92 Å². The smallest absolute Gasteiger partial charge is 0.424 e. The highest BCUT2D eigenvalue weighted by Crippen LogP contribution is 2.49. The Balaban J connectivity index is 1.61. The summed E-state index contributed by atoms with van der Waals surface area (Å²) < 4.78 is 70.0. The third-order valence-corrected chi connectivity index (χ3v) is 8.86. The minimum Gasteiger partial charge on any atom is -0.494 e. The molecular weight excluding hydrogens is 616 g/mol. The molecule has 1 aliphatic rings. The van der Waals surface area contributed by atoms with Crippen LogP contribution in [-0.2, 0) is 15.8 Å². The summed E-state index contributed by atoms with van der Waals surface area (Å²) >= 11 is 1.27. The fourth-order valence-electron chi connectivity index (χ4n) is 5.38. The van der Waals surface area contributed by atoms with Gasteiger partial charge in [-0.1, -0.05) is 19.8 Å². The number of nitrogens with one attached hydrogen (secondary N) is 1. The summed E-state index contributed by atoms with van der Waals surface area (Å²) in [6.45, 7) is 2.06. The first-order valence-electron chi connectivity index (χ1n) is 14.0. The number of rotatable bonds is 10. The van der Waals surface area contributed by atoms with Crippen LogP contribution in [0.5, 0.6) is 11.5 Å². The van der Waals surface area contributed by atoms with Crippen LogP contribution in [0.4, 0.5) is 17.6 Å². The lowest BCUT2D eigenvalue weighted by atomic mass is 9.76. The lowest BCUT2D eigenvalue weighted by Gasteiger charge is -2.32. The SMILES string of the molecule is CCCC[C@]1(C(N)=O)COc2c1cc(C(O)(CNC(=O)c1cc(OC)c3nc(C)sc3c1)C(F)(F)F)nc2-c1ccc(F)cc1. The van der Waals surface area contributed by atoms with E-state index in [-0.39, 0.29) is 46.9 Å². The number of nitrogens with two attached hydrogens (primary N) is 1. The molecule has 0 fully saturated rings. The van der Waals surface area contributed by atoms with E-state index in [0.717, 1.165) is 18.2 Å². The van der Waals surface area contributed by atoms with E-state index in [1.807, 2.05) is 6.92 Å². The van der Waals surface area contributed by atoms with Gasteiger partial charge in [0.25, 0.3) is 5.91 Å². The lowest BCUT2D eigenvalue weighted by molar-refractivity contribution is -0.265. The van der Waals surface area contributed by atoms with Gasteiger partial charge in [0.05, 0.1) is 29.1 Å². The Labute approximate surface area is 259 Å². The quantitative estimate of drug-likeness (QED) is 0.199. The van der Waals surface area contributed by atoms with Crippen molar-refractivity contribution >= 4 is 33.4 Å². The molecular formula is C31H30F4N4O5S. The Kier molecular flexibility index (Phi) is 8.49. The maximum Gasteiger partial charge on any atom is 0.424 e. The number of aromatic nitrogens is 2. The number of nitrogens with zero attached hydrogens (tertiary/aromatic N) is 2. The molecule has 0 saturated heterocycles. The van der Waals surface area contributed by atoms with Gasteiger partial charge in [0.2, 0.25) is 11.5 Å². The number of amides is 2. The number of hydrogen-bond acceptors (Lipinski definition) is 8. The number of thiazole rings is 1. The van der Waals surface area contributed by atoms with Gasteiger partial charge in [-0.15, -0.1) is 11.3 Å². The maximum absolute atomic E-state index is 14.8. The van der Waals surface area contributed by atoms with Crippen molar-refractivity contribution in [1.82, 2.24) is 15.3 Å². The van der Waals surface area contributed by atoms with Gasteiger partial charge in [0.1, 0.15) is 40.5 Å². The predicted octanol–water partition coefficient (Wildman–Crippen LogP) is 5.30. The number of aryl methyl sites for hydroxylation is 1. The van der Waals surface area contributed by atoms with E-state index in [9.17, 15) is 32.3 Å². The molecule has 2 atom stereocenters. The van der Waals surface area contributed by atoms with Gasteiger partial charge in [-0.2, -0.15) is 13.2 Å². The Morgan fingerprint density at radius 3 is 2.51 bits per heavy atom. The van der Waals surface area contributed by atoms with E-state index in [4.69, 9.17) is 15.2 Å². The zero-order valence-corrected chi connectivity index (χ0v) is 25.4. The molecule has 9 nitrogen and oxygen atoms in total. The fourth-order valence-corrected chi connectivity index (χ4v) is 6.26. The summed E-state index contributed by atoms with van der Waals surface area (Å²) in [5, 5.41) is 14.3. The molecule has 2 amide bonds. The van der Waals surface area contributed by atoms with E-state index in [1.165, 1.54) is 42.7 Å². The van der Waals surface area contributed by atoms with Crippen LogP contribution >= 0.6 is 11.3 Å². The average Bonchev–Trinajstić information content (AvgIpc) is 3.57. The summed E-state index contributed by atoms with van der Waals surface area (Å²) in [6.07, 6.45) is -4.03. The molecule has 0 bridgehead atoms. The maximum atomic E-state index is 14.8. The first-order chi connectivity index (χ1) is 21.2. The molecule has 2 aromatic carbocycles. The van der Waals surface area contributed by atoms with E-state index in [0.29, 0.717) is 28.1 Å². The highest BCUT2D eigenvalue weighted by atomic mass is 32.1. The number of hydrogen-bond donors (Lipinski definition) is 3. The molecule has 45 heavy (non-hydrogen) atoms. The van der Waals surface area contributed by atoms with Crippen molar-refractivity contribution in [3.63, 3.8) is 0 Å². The molecule has 0 saturated carbocycles. The van der Waals surface area contributed by atoms with Gasteiger partial charge in [0.15, 0.2) is 0 Å². The second-order valence-electron chi connectivity index (χ2n) is 10.9. The minimum absolute atomic E-state index is 0.00840. The molecule has 4 N–H and O–H groups in total.